The van der Waals surface area contributed by atoms with Crippen LogP contribution in [0.2, 0.25) is 0 Å². The van der Waals surface area contributed by atoms with Crippen LogP contribution in [0.1, 0.15) is 174 Å². The minimum atomic E-state index is -0.807. The normalized spacial score (nSPS) is 12.6. The summed E-state index contributed by atoms with van der Waals surface area (Å²) in [5.41, 5.74) is 0. The zero-order valence-electron chi connectivity index (χ0n) is 30.3. The van der Waals surface area contributed by atoms with E-state index < -0.39 is 6.10 Å². The number of ketones is 1. The Balaban J connectivity index is 3.71. The zero-order valence-corrected chi connectivity index (χ0v) is 30.3. The molecule has 0 fully saturated rings. The van der Waals surface area contributed by atoms with E-state index in [2.05, 4.69) is 38.2 Å². The number of carbonyl (C=O) groups excluding carboxylic acids is 3. The van der Waals surface area contributed by atoms with Crippen LogP contribution in [0, 0.1) is 0 Å². The highest BCUT2D eigenvalue weighted by Crippen LogP contribution is 2.14. The molecule has 6 heteroatoms. The largest absolute Gasteiger partial charge is 0.462 e. The molecule has 0 rings (SSSR count). The van der Waals surface area contributed by atoms with Crippen LogP contribution in [0.25, 0.3) is 0 Å². The van der Waals surface area contributed by atoms with E-state index in [0.717, 1.165) is 57.8 Å². The van der Waals surface area contributed by atoms with Crippen molar-refractivity contribution in [3.05, 3.63) is 48.6 Å². The molecule has 0 aliphatic carbocycles. The zero-order chi connectivity index (χ0) is 34.5. The number of hydrogen-bond acceptors (Lipinski definition) is 6. The van der Waals surface area contributed by atoms with E-state index in [0.29, 0.717) is 19.3 Å². The number of allylic oxidation sites excluding steroid dienone is 8. The summed E-state index contributed by atoms with van der Waals surface area (Å²) in [7, 11) is 0. The SMILES string of the molecule is CCCCCCCCCCCCCCCCCC(=O)O[C@@H](CO)COC(=O)CCC/C=C\C/C=C\C/C=C\C=C\C(=O)CCCCC. The van der Waals surface area contributed by atoms with Gasteiger partial charge in [-0.25, -0.2) is 0 Å². The number of hydrogen-bond donors (Lipinski definition) is 1. The summed E-state index contributed by atoms with van der Waals surface area (Å²) in [4.78, 5) is 35.8. The fourth-order valence-corrected chi connectivity index (χ4v) is 5.15. The average Bonchev–Trinajstić information content (AvgIpc) is 3.07. The van der Waals surface area contributed by atoms with Crippen molar-refractivity contribution in [2.24, 2.45) is 0 Å². The van der Waals surface area contributed by atoms with Crippen molar-refractivity contribution in [2.45, 2.75) is 180 Å². The number of unbranched alkanes of at least 4 members (excludes halogenated alkanes) is 17. The Kier molecular flexibility index (Phi) is 34.5. The molecular formula is C41H70O6. The first kappa shape index (κ1) is 44.5. The van der Waals surface area contributed by atoms with Gasteiger partial charge in [0.1, 0.15) is 6.61 Å². The van der Waals surface area contributed by atoms with Crippen LogP contribution >= 0.6 is 0 Å². The second-order valence-corrected chi connectivity index (χ2v) is 12.7. The lowest BCUT2D eigenvalue weighted by molar-refractivity contribution is -0.161. The van der Waals surface area contributed by atoms with Crippen molar-refractivity contribution in [2.75, 3.05) is 13.2 Å². The molecule has 0 aromatic carbocycles. The average molecular weight is 659 g/mol. The summed E-state index contributed by atoms with van der Waals surface area (Å²) in [5.74, 6) is -0.502. The lowest BCUT2D eigenvalue weighted by atomic mass is 10.0. The molecule has 0 aromatic rings. The number of aliphatic hydroxyl groups is 1. The summed E-state index contributed by atoms with van der Waals surface area (Å²) in [6, 6.07) is 0. The van der Waals surface area contributed by atoms with E-state index in [1.165, 1.54) is 77.0 Å². The lowest BCUT2D eigenvalue weighted by Crippen LogP contribution is -2.28. The Hall–Kier alpha value is -2.47. The van der Waals surface area contributed by atoms with Crippen LogP contribution in [-0.2, 0) is 23.9 Å². The third-order valence-corrected chi connectivity index (χ3v) is 8.10. The quantitative estimate of drug-likeness (QED) is 0.0243. The van der Waals surface area contributed by atoms with Gasteiger partial charge in [-0.3, -0.25) is 14.4 Å². The fraction of sp³-hybridized carbons (Fsp3) is 0.732. The maximum absolute atomic E-state index is 12.1. The Labute approximate surface area is 288 Å². The van der Waals surface area contributed by atoms with Gasteiger partial charge in [0.25, 0.3) is 0 Å². The Morgan fingerprint density at radius 3 is 1.64 bits per heavy atom. The first-order valence-corrected chi connectivity index (χ1v) is 19.1. The molecule has 6 nitrogen and oxygen atoms in total. The third kappa shape index (κ3) is 34.7. The molecule has 0 amide bonds. The smallest absolute Gasteiger partial charge is 0.306 e. The van der Waals surface area contributed by atoms with Crippen LogP contribution in [0.3, 0.4) is 0 Å². The summed E-state index contributed by atoms with van der Waals surface area (Å²) >= 11 is 0. The molecule has 0 bridgehead atoms. The van der Waals surface area contributed by atoms with Gasteiger partial charge in [0, 0.05) is 19.3 Å². The predicted molar refractivity (Wildman–Crippen MR) is 196 cm³/mol. The highest BCUT2D eigenvalue weighted by atomic mass is 16.6. The maximum atomic E-state index is 12.1. The van der Waals surface area contributed by atoms with Gasteiger partial charge in [-0.1, -0.05) is 159 Å². The van der Waals surface area contributed by atoms with Crippen molar-refractivity contribution >= 4 is 17.7 Å². The number of rotatable bonds is 34. The van der Waals surface area contributed by atoms with E-state index in [9.17, 15) is 19.5 Å². The number of aliphatic hydroxyl groups excluding tert-OH is 1. The highest BCUT2D eigenvalue weighted by molar-refractivity contribution is 5.89. The summed E-state index contributed by atoms with van der Waals surface area (Å²) in [6.07, 6.45) is 41.5. The second-order valence-electron chi connectivity index (χ2n) is 12.7. The van der Waals surface area contributed by atoms with Gasteiger partial charge in [0.05, 0.1) is 6.61 Å². The Bertz CT molecular complexity index is 856. The molecule has 1 atom stereocenters. The first-order chi connectivity index (χ1) is 23.0. The Morgan fingerprint density at radius 1 is 0.553 bits per heavy atom. The standard InChI is InChI=1S/C41H70O6/c1-3-5-7-8-9-10-11-12-13-14-17-21-24-27-31-35-41(45)47-39(36-42)37-46-40(44)34-30-26-23-20-18-15-16-19-22-25-29-33-38(43)32-28-6-4-2/h15-16,20,22-23,25,29,33,39,42H,3-14,17-19,21,24,26-28,30-32,34-37H2,1-2H3/b16-15-,23-20-,25-22-,33-29+/t39-/m0/s1. The molecule has 270 valence electrons. The molecule has 0 spiro atoms. The van der Waals surface area contributed by atoms with Crippen LogP contribution in [0.5, 0.6) is 0 Å². The van der Waals surface area contributed by atoms with Gasteiger partial charge in [-0.15, -0.1) is 0 Å². The molecule has 0 saturated heterocycles. The molecule has 0 aliphatic rings. The minimum Gasteiger partial charge on any atom is -0.462 e. The van der Waals surface area contributed by atoms with Gasteiger partial charge in [-0.2, -0.15) is 0 Å². The van der Waals surface area contributed by atoms with Crippen LogP contribution < -0.4 is 0 Å². The summed E-state index contributed by atoms with van der Waals surface area (Å²) < 4.78 is 10.5. The molecule has 0 unspecified atom stereocenters. The van der Waals surface area contributed by atoms with Gasteiger partial charge >= 0.3 is 11.9 Å². The van der Waals surface area contributed by atoms with Crippen molar-refractivity contribution in [3.8, 4) is 0 Å². The van der Waals surface area contributed by atoms with Gasteiger partial charge in [0.15, 0.2) is 11.9 Å². The third-order valence-electron chi connectivity index (χ3n) is 8.10. The van der Waals surface area contributed by atoms with Crippen LogP contribution in [0.15, 0.2) is 48.6 Å². The van der Waals surface area contributed by atoms with E-state index in [4.69, 9.17) is 9.47 Å². The lowest BCUT2D eigenvalue weighted by Gasteiger charge is -2.15. The van der Waals surface area contributed by atoms with Gasteiger partial charge in [-0.05, 0) is 44.6 Å². The van der Waals surface area contributed by atoms with Crippen LogP contribution in [-0.4, -0.2) is 42.1 Å². The molecule has 0 aliphatic heterocycles. The number of carbonyl (C=O) groups is 3. The van der Waals surface area contributed by atoms with Crippen LogP contribution in [0.4, 0.5) is 0 Å². The summed E-state index contributed by atoms with van der Waals surface area (Å²) in [5, 5.41) is 9.53. The topological polar surface area (TPSA) is 89.9 Å². The molecule has 0 heterocycles. The van der Waals surface area contributed by atoms with Gasteiger partial charge < -0.3 is 14.6 Å². The number of ether oxygens (including phenoxy) is 2. The highest BCUT2D eigenvalue weighted by Gasteiger charge is 2.16. The molecule has 1 N–H and O–H groups in total. The summed E-state index contributed by atoms with van der Waals surface area (Å²) in [6.45, 7) is 3.92. The Morgan fingerprint density at radius 2 is 1.04 bits per heavy atom. The minimum absolute atomic E-state index is 0.111. The van der Waals surface area contributed by atoms with E-state index in [1.54, 1.807) is 6.08 Å². The van der Waals surface area contributed by atoms with Gasteiger partial charge in [0.2, 0.25) is 0 Å². The monoisotopic (exact) mass is 659 g/mol. The van der Waals surface area contributed by atoms with E-state index in [-0.39, 0.29) is 37.4 Å². The number of esters is 2. The maximum Gasteiger partial charge on any atom is 0.306 e. The molecule has 47 heavy (non-hydrogen) atoms. The van der Waals surface area contributed by atoms with Crippen molar-refractivity contribution in [1.29, 1.82) is 0 Å². The van der Waals surface area contributed by atoms with Crippen molar-refractivity contribution < 1.29 is 29.0 Å². The fourth-order valence-electron chi connectivity index (χ4n) is 5.15. The van der Waals surface area contributed by atoms with Crippen molar-refractivity contribution in [1.82, 2.24) is 0 Å². The molecular weight excluding hydrogens is 588 g/mol. The molecule has 0 radical (unpaired) electrons. The van der Waals surface area contributed by atoms with E-state index in [1.807, 2.05) is 18.2 Å². The van der Waals surface area contributed by atoms with Crippen molar-refractivity contribution in [3.63, 3.8) is 0 Å². The molecule has 0 saturated carbocycles. The predicted octanol–water partition coefficient (Wildman–Crippen LogP) is 11.0. The molecule has 0 aromatic heterocycles. The van der Waals surface area contributed by atoms with E-state index >= 15 is 0 Å². The second kappa shape index (κ2) is 36.4. The first-order valence-electron chi connectivity index (χ1n) is 19.1.